The average Bonchev–Trinajstić information content (AvgIpc) is 2.84. The zero-order valence-electron chi connectivity index (χ0n) is 11.8. The van der Waals surface area contributed by atoms with Crippen molar-refractivity contribution < 1.29 is 9.84 Å². The number of hydrogen-bond donors (Lipinski definition) is 1. The molecule has 0 aliphatic heterocycles. The van der Waals surface area contributed by atoms with Gasteiger partial charge in [0.15, 0.2) is 0 Å². The highest BCUT2D eigenvalue weighted by Gasteiger charge is 2.03. The fraction of sp³-hybridized carbons (Fsp3) is 0.312. The molecule has 0 atom stereocenters. The minimum Gasteiger partial charge on any atom is -0.492 e. The minimum absolute atomic E-state index is 0.150. The van der Waals surface area contributed by atoms with Crippen molar-refractivity contribution in [3.8, 4) is 17.6 Å². The summed E-state index contributed by atoms with van der Waals surface area (Å²) in [4.78, 5) is 0. The van der Waals surface area contributed by atoms with Crippen molar-refractivity contribution in [1.82, 2.24) is 9.78 Å². The summed E-state index contributed by atoms with van der Waals surface area (Å²) >= 11 is 0. The highest BCUT2D eigenvalue weighted by atomic mass is 16.5. The van der Waals surface area contributed by atoms with Crippen LogP contribution in [0.15, 0.2) is 30.6 Å². The van der Waals surface area contributed by atoms with Gasteiger partial charge in [0.2, 0.25) is 0 Å². The van der Waals surface area contributed by atoms with Gasteiger partial charge < -0.3 is 9.84 Å². The summed E-state index contributed by atoms with van der Waals surface area (Å²) in [6.07, 6.45) is 4.62. The standard InChI is InChI=1S/C16H18N2O2/c1-13-5-6-16(15(10-13)4-3-8-19)20-9-7-14-11-17-18(2)12-14/h5-6,10-12,19H,7-9H2,1-2H3. The lowest BCUT2D eigenvalue weighted by molar-refractivity contribution is 0.321. The van der Waals surface area contributed by atoms with Gasteiger partial charge in [-0.2, -0.15) is 5.10 Å². The molecule has 20 heavy (non-hydrogen) atoms. The molecule has 0 bridgehead atoms. The van der Waals surface area contributed by atoms with Gasteiger partial charge in [-0.15, -0.1) is 0 Å². The summed E-state index contributed by atoms with van der Waals surface area (Å²) < 4.78 is 7.56. The van der Waals surface area contributed by atoms with E-state index in [1.54, 1.807) is 4.68 Å². The molecule has 4 heteroatoms. The SMILES string of the molecule is Cc1ccc(OCCc2cnn(C)c2)c(C#CCO)c1. The number of nitrogens with zero attached hydrogens (tertiary/aromatic N) is 2. The van der Waals surface area contributed by atoms with Gasteiger partial charge in [0.05, 0.1) is 18.4 Å². The van der Waals surface area contributed by atoms with E-state index in [9.17, 15) is 0 Å². The largest absolute Gasteiger partial charge is 0.492 e. The Morgan fingerprint density at radius 1 is 1.40 bits per heavy atom. The summed E-state index contributed by atoms with van der Waals surface area (Å²) in [6.45, 7) is 2.43. The third kappa shape index (κ3) is 3.87. The molecule has 0 aliphatic carbocycles. The molecule has 1 heterocycles. The van der Waals surface area contributed by atoms with E-state index in [0.29, 0.717) is 6.61 Å². The molecule has 4 nitrogen and oxygen atoms in total. The molecule has 104 valence electrons. The van der Waals surface area contributed by atoms with Gasteiger partial charge in [-0.1, -0.05) is 17.9 Å². The van der Waals surface area contributed by atoms with E-state index in [1.165, 1.54) is 0 Å². The first kappa shape index (κ1) is 14.2. The van der Waals surface area contributed by atoms with Crippen LogP contribution in [0, 0.1) is 18.8 Å². The molecule has 0 radical (unpaired) electrons. The zero-order chi connectivity index (χ0) is 14.4. The Morgan fingerprint density at radius 2 is 2.25 bits per heavy atom. The Bertz CT molecular complexity index is 635. The lowest BCUT2D eigenvalue weighted by atomic mass is 10.1. The highest BCUT2D eigenvalue weighted by molar-refractivity contribution is 5.48. The van der Waals surface area contributed by atoms with Crippen molar-refractivity contribution in [1.29, 1.82) is 0 Å². The molecule has 2 rings (SSSR count). The topological polar surface area (TPSA) is 47.3 Å². The predicted molar refractivity (Wildman–Crippen MR) is 77.5 cm³/mol. The first-order chi connectivity index (χ1) is 9.69. The van der Waals surface area contributed by atoms with Gasteiger partial charge in [0.25, 0.3) is 0 Å². The monoisotopic (exact) mass is 270 g/mol. The van der Waals surface area contributed by atoms with Crippen LogP contribution in [0.4, 0.5) is 0 Å². The van der Waals surface area contributed by atoms with Gasteiger partial charge in [0.1, 0.15) is 12.4 Å². The minimum atomic E-state index is -0.150. The second-order valence-corrected chi connectivity index (χ2v) is 4.58. The molecular weight excluding hydrogens is 252 g/mol. The van der Waals surface area contributed by atoms with Crippen molar-refractivity contribution in [3.05, 3.63) is 47.3 Å². The van der Waals surface area contributed by atoms with E-state index in [2.05, 4.69) is 16.9 Å². The van der Waals surface area contributed by atoms with Gasteiger partial charge >= 0.3 is 0 Å². The van der Waals surface area contributed by atoms with E-state index in [4.69, 9.17) is 9.84 Å². The number of aliphatic hydroxyl groups is 1. The van der Waals surface area contributed by atoms with E-state index in [0.717, 1.165) is 28.9 Å². The molecule has 1 aromatic heterocycles. The maximum atomic E-state index is 8.79. The number of benzene rings is 1. The summed E-state index contributed by atoms with van der Waals surface area (Å²) in [5.74, 6) is 6.32. The lowest BCUT2D eigenvalue weighted by Crippen LogP contribution is -2.02. The van der Waals surface area contributed by atoms with E-state index >= 15 is 0 Å². The number of aliphatic hydroxyl groups excluding tert-OH is 1. The van der Waals surface area contributed by atoms with Gasteiger partial charge in [-0.3, -0.25) is 4.68 Å². The van der Waals surface area contributed by atoms with Crippen LogP contribution in [0.1, 0.15) is 16.7 Å². The van der Waals surface area contributed by atoms with Crippen LogP contribution in [0.3, 0.4) is 0 Å². The Balaban J connectivity index is 2.01. The third-order valence-electron chi connectivity index (χ3n) is 2.84. The second kappa shape index (κ2) is 6.78. The Labute approximate surface area is 119 Å². The second-order valence-electron chi connectivity index (χ2n) is 4.58. The molecule has 0 spiro atoms. The maximum Gasteiger partial charge on any atom is 0.134 e. The summed E-state index contributed by atoms with van der Waals surface area (Å²) in [7, 11) is 1.90. The summed E-state index contributed by atoms with van der Waals surface area (Å²) in [6, 6.07) is 5.87. The van der Waals surface area contributed by atoms with E-state index in [1.807, 2.05) is 44.6 Å². The smallest absolute Gasteiger partial charge is 0.134 e. The van der Waals surface area contributed by atoms with Crippen LogP contribution >= 0.6 is 0 Å². The maximum absolute atomic E-state index is 8.79. The first-order valence-corrected chi connectivity index (χ1v) is 6.50. The highest BCUT2D eigenvalue weighted by Crippen LogP contribution is 2.19. The molecule has 0 saturated heterocycles. The van der Waals surface area contributed by atoms with Crippen molar-refractivity contribution in [2.24, 2.45) is 7.05 Å². The number of hydrogen-bond acceptors (Lipinski definition) is 3. The number of aromatic nitrogens is 2. The van der Waals surface area contributed by atoms with Crippen LogP contribution < -0.4 is 4.74 Å². The molecule has 1 N–H and O–H groups in total. The number of aryl methyl sites for hydroxylation is 2. The Kier molecular flexibility index (Phi) is 4.80. The Morgan fingerprint density at radius 3 is 2.95 bits per heavy atom. The van der Waals surface area contributed by atoms with E-state index < -0.39 is 0 Å². The lowest BCUT2D eigenvalue weighted by Gasteiger charge is -2.08. The molecule has 0 fully saturated rings. The van der Waals surface area contributed by atoms with Crippen molar-refractivity contribution in [2.75, 3.05) is 13.2 Å². The first-order valence-electron chi connectivity index (χ1n) is 6.50. The predicted octanol–water partition coefficient (Wildman–Crippen LogP) is 1.69. The van der Waals surface area contributed by atoms with Crippen LogP contribution in [0.5, 0.6) is 5.75 Å². The number of ether oxygens (including phenoxy) is 1. The molecule has 0 aliphatic rings. The van der Waals surface area contributed by atoms with Crippen LogP contribution in [0.2, 0.25) is 0 Å². The zero-order valence-corrected chi connectivity index (χ0v) is 11.8. The van der Waals surface area contributed by atoms with E-state index in [-0.39, 0.29) is 6.61 Å². The number of rotatable bonds is 4. The van der Waals surface area contributed by atoms with Crippen LogP contribution in [-0.2, 0) is 13.5 Å². The normalized spacial score (nSPS) is 9.95. The molecular formula is C16H18N2O2. The van der Waals surface area contributed by atoms with Gasteiger partial charge in [0, 0.05) is 19.7 Å². The van der Waals surface area contributed by atoms with Crippen molar-refractivity contribution in [2.45, 2.75) is 13.3 Å². The molecule has 1 aromatic carbocycles. The molecule has 0 saturated carbocycles. The summed E-state index contributed by atoms with van der Waals surface area (Å²) in [5.41, 5.74) is 3.07. The quantitative estimate of drug-likeness (QED) is 0.860. The Hall–Kier alpha value is -2.25. The summed E-state index contributed by atoms with van der Waals surface area (Å²) in [5, 5.41) is 12.9. The third-order valence-corrected chi connectivity index (χ3v) is 2.84. The molecule has 0 amide bonds. The van der Waals surface area contributed by atoms with Gasteiger partial charge in [-0.05, 0) is 30.2 Å². The molecule has 2 aromatic rings. The fourth-order valence-corrected chi connectivity index (χ4v) is 1.88. The fourth-order valence-electron chi connectivity index (χ4n) is 1.88. The van der Waals surface area contributed by atoms with Crippen molar-refractivity contribution in [3.63, 3.8) is 0 Å². The van der Waals surface area contributed by atoms with Crippen molar-refractivity contribution >= 4 is 0 Å². The van der Waals surface area contributed by atoms with Crippen LogP contribution in [-0.4, -0.2) is 28.1 Å². The average molecular weight is 270 g/mol. The van der Waals surface area contributed by atoms with Gasteiger partial charge in [-0.25, -0.2) is 0 Å². The molecule has 0 unspecified atom stereocenters. The van der Waals surface area contributed by atoms with Crippen LogP contribution in [0.25, 0.3) is 0 Å².